The minimum atomic E-state index is 0.507. The first-order chi connectivity index (χ1) is 8.74. The lowest BCUT2D eigenvalue weighted by Crippen LogP contribution is -2.22. The molecular formula is C14H15Cl2NS. The van der Waals surface area contributed by atoms with Crippen molar-refractivity contribution in [3.05, 3.63) is 51.2 Å². The number of nitrogens with zero attached hydrogens (tertiary/aromatic N) is 1. The second kappa shape index (κ2) is 6.46. The van der Waals surface area contributed by atoms with E-state index in [1.807, 2.05) is 18.2 Å². The first-order valence-corrected chi connectivity index (χ1v) is 7.65. The summed E-state index contributed by atoms with van der Waals surface area (Å²) in [6.07, 6.45) is 0. The van der Waals surface area contributed by atoms with Crippen LogP contribution in [0.3, 0.4) is 0 Å². The van der Waals surface area contributed by atoms with Crippen LogP contribution in [0.15, 0.2) is 35.7 Å². The molecule has 0 fully saturated rings. The highest BCUT2D eigenvalue weighted by Crippen LogP contribution is 2.28. The Bertz CT molecular complexity index is 497. The Morgan fingerprint density at radius 1 is 1.28 bits per heavy atom. The Hall–Kier alpha value is -0.700. The fourth-order valence-corrected chi connectivity index (χ4v) is 3.01. The Balaban J connectivity index is 2.28. The van der Waals surface area contributed by atoms with Crippen LogP contribution in [-0.4, -0.2) is 6.54 Å². The highest BCUT2D eigenvalue weighted by Gasteiger charge is 2.11. The van der Waals surface area contributed by atoms with Gasteiger partial charge in [-0.2, -0.15) is 0 Å². The molecule has 2 aromatic rings. The molecular weight excluding hydrogens is 285 g/mol. The van der Waals surface area contributed by atoms with Crippen LogP contribution in [0, 0.1) is 0 Å². The van der Waals surface area contributed by atoms with Gasteiger partial charge in [0.15, 0.2) is 0 Å². The summed E-state index contributed by atoms with van der Waals surface area (Å²) in [5, 5.41) is 2.85. The monoisotopic (exact) mass is 299 g/mol. The maximum Gasteiger partial charge on any atom is 0.0522 e. The lowest BCUT2D eigenvalue weighted by Gasteiger charge is -2.25. The van der Waals surface area contributed by atoms with E-state index in [1.165, 1.54) is 4.88 Å². The Labute approximate surface area is 122 Å². The molecule has 0 saturated heterocycles. The second-order valence-corrected chi connectivity index (χ2v) is 5.74. The number of halogens is 2. The molecule has 0 aliphatic heterocycles. The van der Waals surface area contributed by atoms with Gasteiger partial charge in [-0.25, -0.2) is 0 Å². The number of rotatable bonds is 5. The zero-order valence-electron chi connectivity index (χ0n) is 10.2. The topological polar surface area (TPSA) is 3.24 Å². The molecule has 0 radical (unpaired) electrons. The van der Waals surface area contributed by atoms with Crippen LogP contribution < -0.4 is 4.90 Å². The first-order valence-electron chi connectivity index (χ1n) is 5.86. The van der Waals surface area contributed by atoms with Gasteiger partial charge in [0, 0.05) is 28.0 Å². The molecule has 0 bridgehead atoms. The molecule has 1 aromatic heterocycles. The predicted octanol–water partition coefficient (Wildman–Crippen LogP) is 5.17. The van der Waals surface area contributed by atoms with Gasteiger partial charge in [0.2, 0.25) is 0 Å². The Morgan fingerprint density at radius 3 is 2.72 bits per heavy atom. The van der Waals surface area contributed by atoms with E-state index in [4.69, 9.17) is 23.2 Å². The van der Waals surface area contributed by atoms with Crippen molar-refractivity contribution in [1.82, 2.24) is 0 Å². The highest BCUT2D eigenvalue weighted by molar-refractivity contribution is 7.09. The molecule has 1 heterocycles. The molecule has 0 spiro atoms. The molecule has 1 nitrogen and oxygen atoms in total. The Morgan fingerprint density at radius 2 is 2.11 bits per heavy atom. The molecule has 4 heteroatoms. The highest BCUT2D eigenvalue weighted by atomic mass is 35.5. The van der Waals surface area contributed by atoms with Gasteiger partial charge in [-0.15, -0.1) is 22.9 Å². The molecule has 0 unspecified atom stereocenters. The third-order valence-corrected chi connectivity index (χ3v) is 4.22. The lowest BCUT2D eigenvalue weighted by molar-refractivity contribution is 0.837. The van der Waals surface area contributed by atoms with E-state index in [-0.39, 0.29) is 0 Å². The summed E-state index contributed by atoms with van der Waals surface area (Å²) in [4.78, 5) is 3.65. The van der Waals surface area contributed by atoms with Gasteiger partial charge >= 0.3 is 0 Å². The maximum absolute atomic E-state index is 6.09. The van der Waals surface area contributed by atoms with Crippen LogP contribution in [0.5, 0.6) is 0 Å². The van der Waals surface area contributed by atoms with Crippen molar-refractivity contribution in [1.29, 1.82) is 0 Å². The summed E-state index contributed by atoms with van der Waals surface area (Å²) in [5.74, 6) is 0.507. The fraction of sp³-hybridized carbons (Fsp3) is 0.286. The van der Waals surface area contributed by atoms with Crippen LogP contribution in [0.1, 0.15) is 17.4 Å². The summed E-state index contributed by atoms with van der Waals surface area (Å²) in [5.41, 5.74) is 2.26. The molecule has 0 amide bonds. The number of hydrogen-bond acceptors (Lipinski definition) is 2. The molecule has 0 aliphatic rings. The van der Waals surface area contributed by atoms with E-state index >= 15 is 0 Å². The average Bonchev–Trinajstić information content (AvgIpc) is 2.88. The van der Waals surface area contributed by atoms with Gasteiger partial charge in [-0.05, 0) is 36.1 Å². The van der Waals surface area contributed by atoms with Crippen LogP contribution in [-0.2, 0) is 12.4 Å². The third kappa shape index (κ3) is 3.19. The summed E-state index contributed by atoms with van der Waals surface area (Å²) < 4.78 is 0. The first kappa shape index (κ1) is 13.7. The Kier molecular flexibility index (Phi) is 4.93. The van der Waals surface area contributed by atoms with Crippen LogP contribution >= 0.6 is 34.5 Å². The summed E-state index contributed by atoms with van der Waals surface area (Å²) in [6.45, 7) is 3.98. The van der Waals surface area contributed by atoms with E-state index in [2.05, 4.69) is 29.3 Å². The zero-order valence-corrected chi connectivity index (χ0v) is 12.5. The van der Waals surface area contributed by atoms with Crippen LogP contribution in [0.2, 0.25) is 5.02 Å². The van der Waals surface area contributed by atoms with E-state index in [0.717, 1.165) is 29.4 Å². The molecule has 0 N–H and O–H groups in total. The van der Waals surface area contributed by atoms with E-state index in [9.17, 15) is 0 Å². The zero-order chi connectivity index (χ0) is 13.0. The lowest BCUT2D eigenvalue weighted by atomic mass is 10.1. The number of thiophene rings is 1. The van der Waals surface area contributed by atoms with Gasteiger partial charge in [0.25, 0.3) is 0 Å². The number of hydrogen-bond donors (Lipinski definition) is 0. The van der Waals surface area contributed by atoms with Crippen molar-refractivity contribution in [3.8, 4) is 0 Å². The van der Waals surface area contributed by atoms with E-state index in [0.29, 0.717) is 5.88 Å². The second-order valence-electron chi connectivity index (χ2n) is 4.00. The number of alkyl halides is 1. The van der Waals surface area contributed by atoms with E-state index in [1.54, 1.807) is 11.3 Å². The molecule has 0 atom stereocenters. The van der Waals surface area contributed by atoms with Crippen LogP contribution in [0.4, 0.5) is 5.69 Å². The van der Waals surface area contributed by atoms with Gasteiger partial charge in [0.05, 0.1) is 6.54 Å². The number of benzene rings is 1. The normalized spacial score (nSPS) is 10.6. The summed E-state index contributed by atoms with van der Waals surface area (Å²) >= 11 is 13.9. The summed E-state index contributed by atoms with van der Waals surface area (Å²) in [7, 11) is 0. The minimum absolute atomic E-state index is 0.507. The molecule has 18 heavy (non-hydrogen) atoms. The largest absolute Gasteiger partial charge is 0.366 e. The van der Waals surface area contributed by atoms with Crippen molar-refractivity contribution in [2.24, 2.45) is 0 Å². The van der Waals surface area contributed by atoms with Crippen molar-refractivity contribution >= 4 is 40.2 Å². The van der Waals surface area contributed by atoms with Gasteiger partial charge in [-0.3, -0.25) is 0 Å². The predicted molar refractivity (Wildman–Crippen MR) is 82.1 cm³/mol. The van der Waals surface area contributed by atoms with Crippen molar-refractivity contribution in [3.63, 3.8) is 0 Å². The van der Waals surface area contributed by atoms with Gasteiger partial charge in [-0.1, -0.05) is 23.7 Å². The molecule has 0 aliphatic carbocycles. The summed E-state index contributed by atoms with van der Waals surface area (Å²) in [6, 6.07) is 10.1. The number of anilines is 1. The van der Waals surface area contributed by atoms with Gasteiger partial charge < -0.3 is 4.90 Å². The molecule has 2 rings (SSSR count). The molecule has 1 aromatic carbocycles. The SMILES string of the molecule is CCN(Cc1cccs1)c1cc(Cl)ccc1CCl. The standard InChI is InChI=1S/C14H15Cl2NS/c1-2-17(10-13-4-3-7-18-13)14-8-12(16)6-5-11(14)9-15/h3-8H,2,9-10H2,1H3. The minimum Gasteiger partial charge on any atom is -0.366 e. The van der Waals surface area contributed by atoms with Crippen molar-refractivity contribution in [2.75, 3.05) is 11.4 Å². The van der Waals surface area contributed by atoms with E-state index < -0.39 is 0 Å². The third-order valence-electron chi connectivity index (χ3n) is 2.84. The van der Waals surface area contributed by atoms with Crippen molar-refractivity contribution < 1.29 is 0 Å². The van der Waals surface area contributed by atoms with Gasteiger partial charge in [0.1, 0.15) is 0 Å². The smallest absolute Gasteiger partial charge is 0.0522 e. The van der Waals surface area contributed by atoms with Crippen molar-refractivity contribution in [2.45, 2.75) is 19.3 Å². The fourth-order valence-electron chi connectivity index (χ4n) is 1.90. The quantitative estimate of drug-likeness (QED) is 0.689. The molecule has 0 saturated carbocycles. The maximum atomic E-state index is 6.09. The average molecular weight is 300 g/mol. The molecule has 96 valence electrons. The van der Waals surface area contributed by atoms with Crippen LogP contribution in [0.25, 0.3) is 0 Å².